The van der Waals surface area contributed by atoms with Crippen molar-refractivity contribution in [3.05, 3.63) is 115 Å². The van der Waals surface area contributed by atoms with Crippen LogP contribution in [0.4, 0.5) is 0 Å². The van der Waals surface area contributed by atoms with Crippen LogP contribution >= 0.6 is 0 Å². The SMILES string of the molecule is Cc1cncnn1.Cc1cnncn1.Cc1cnncn1.Cc1cnnnn1.Cc1nccnn1.Cc1ncncn1.Cc1nncnn1. The van der Waals surface area contributed by atoms with Crippen LogP contribution in [0.5, 0.6) is 0 Å². The van der Waals surface area contributed by atoms with Crippen LogP contribution in [0.3, 0.4) is 0 Å². The van der Waals surface area contributed by atoms with Crippen molar-refractivity contribution in [1.29, 1.82) is 0 Å². The highest BCUT2D eigenvalue weighted by molar-refractivity contribution is 4.85. The van der Waals surface area contributed by atoms with Crippen LogP contribution in [0.15, 0.2) is 75.1 Å². The molecule has 0 aliphatic rings. The first-order chi connectivity index (χ1) is 23.8. The van der Waals surface area contributed by atoms with Gasteiger partial charge in [-0.2, -0.15) is 20.4 Å². The van der Waals surface area contributed by atoms with Crippen molar-refractivity contribution < 1.29 is 0 Å². The lowest BCUT2D eigenvalue weighted by Crippen LogP contribution is -1.90. The van der Waals surface area contributed by atoms with Gasteiger partial charge in [-0.1, -0.05) is 0 Å². The fourth-order valence-electron chi connectivity index (χ4n) is 2.03. The Morgan fingerprint density at radius 3 is 1.12 bits per heavy atom. The van der Waals surface area contributed by atoms with Gasteiger partial charge in [0.2, 0.25) is 0 Å². The third-order valence-corrected chi connectivity index (χ3v) is 4.11. The van der Waals surface area contributed by atoms with Crippen LogP contribution in [0, 0.1) is 48.5 Å². The second-order valence-corrected chi connectivity index (χ2v) is 8.38. The highest BCUT2D eigenvalue weighted by atomic mass is 15.4. The Kier molecular flexibility index (Phi) is 22.2. The van der Waals surface area contributed by atoms with Gasteiger partial charge in [0, 0.05) is 6.20 Å². The average molecular weight is 668 g/mol. The molecular weight excluding hydrogens is 634 g/mol. The number of hydrogen-bond donors (Lipinski definition) is 0. The van der Waals surface area contributed by atoms with Gasteiger partial charge in [-0.15, -0.1) is 51.0 Å². The zero-order valence-electron chi connectivity index (χ0n) is 27.7. The van der Waals surface area contributed by atoms with E-state index in [0.717, 1.165) is 28.6 Å². The normalized spacial score (nSPS) is 8.71. The van der Waals surface area contributed by atoms with E-state index in [0.29, 0.717) is 11.6 Å². The van der Waals surface area contributed by atoms with Crippen molar-refractivity contribution in [2.45, 2.75) is 48.5 Å². The van der Waals surface area contributed by atoms with Crippen molar-refractivity contribution >= 4 is 0 Å². The van der Waals surface area contributed by atoms with Crippen molar-refractivity contribution in [3.63, 3.8) is 0 Å². The predicted molar refractivity (Wildman–Crippen MR) is 168 cm³/mol. The van der Waals surface area contributed by atoms with E-state index >= 15 is 0 Å². The highest BCUT2D eigenvalue weighted by Gasteiger charge is 1.80. The Balaban J connectivity index is 0.000000286. The smallest absolute Gasteiger partial charge is 0.170 e. The molecule has 7 rings (SSSR count). The Hall–Kier alpha value is -7.07. The van der Waals surface area contributed by atoms with Crippen LogP contribution in [-0.2, 0) is 0 Å². The zero-order valence-corrected chi connectivity index (χ0v) is 27.7. The summed E-state index contributed by atoms with van der Waals surface area (Å²) < 4.78 is 0. The number of hydrogen-bond acceptors (Lipinski definition) is 23. The minimum atomic E-state index is 0.600. The van der Waals surface area contributed by atoms with E-state index in [9.17, 15) is 0 Å². The van der Waals surface area contributed by atoms with Gasteiger partial charge in [0.15, 0.2) is 12.2 Å². The summed E-state index contributed by atoms with van der Waals surface area (Å²) in [5, 5.41) is 56.0. The second-order valence-electron chi connectivity index (χ2n) is 8.38. The fourth-order valence-corrected chi connectivity index (χ4v) is 2.03. The summed E-state index contributed by atoms with van der Waals surface area (Å²) in [5.41, 5.74) is 3.43. The van der Waals surface area contributed by atoms with Crippen LogP contribution in [0.2, 0.25) is 0 Å². The molecule has 0 N–H and O–H groups in total. The maximum atomic E-state index is 3.81. The molecule has 0 spiro atoms. The van der Waals surface area contributed by atoms with Gasteiger partial charge in [0.1, 0.15) is 43.3 Å². The van der Waals surface area contributed by atoms with E-state index in [1.54, 1.807) is 51.0 Å². The molecule has 0 aliphatic heterocycles. The van der Waals surface area contributed by atoms with Gasteiger partial charge in [0.25, 0.3) is 0 Å². The summed E-state index contributed by atoms with van der Waals surface area (Å²) in [6, 6.07) is 0. The molecule has 0 saturated heterocycles. The summed E-state index contributed by atoms with van der Waals surface area (Å²) in [5.74, 6) is 2.07. The molecular formula is C26H33N23. The number of aryl methyl sites for hydroxylation is 7. The zero-order chi connectivity index (χ0) is 35.8. The van der Waals surface area contributed by atoms with Gasteiger partial charge >= 0.3 is 0 Å². The molecule has 7 aromatic heterocycles. The molecule has 7 heterocycles. The first-order valence-electron chi connectivity index (χ1n) is 13.7. The molecule has 0 radical (unpaired) electrons. The van der Waals surface area contributed by atoms with Crippen molar-refractivity contribution in [3.8, 4) is 0 Å². The largest absolute Gasteiger partial charge is 0.241 e. The lowest BCUT2D eigenvalue weighted by molar-refractivity contribution is 0.742. The first kappa shape index (κ1) is 40.0. The van der Waals surface area contributed by atoms with Gasteiger partial charge < -0.3 is 0 Å². The maximum absolute atomic E-state index is 3.81. The summed E-state index contributed by atoms with van der Waals surface area (Å²) in [6.45, 7) is 12.7. The lowest BCUT2D eigenvalue weighted by Gasteiger charge is -1.80. The highest BCUT2D eigenvalue weighted by Crippen LogP contribution is 1.80. The number of rotatable bonds is 0. The maximum Gasteiger partial charge on any atom is 0.170 e. The lowest BCUT2D eigenvalue weighted by atomic mass is 10.6. The summed E-state index contributed by atoms with van der Waals surface area (Å²) in [7, 11) is 0. The third-order valence-electron chi connectivity index (χ3n) is 4.11. The van der Waals surface area contributed by atoms with E-state index in [-0.39, 0.29) is 0 Å². The molecule has 0 unspecified atom stereocenters. The quantitative estimate of drug-likeness (QED) is 0.206. The molecule has 0 bridgehead atoms. The molecule has 0 saturated carbocycles. The van der Waals surface area contributed by atoms with Crippen LogP contribution in [0.1, 0.15) is 40.2 Å². The summed E-state index contributed by atoms with van der Waals surface area (Å²) >= 11 is 0. The molecule has 0 atom stereocenters. The Labute approximate surface area is 280 Å². The molecule has 0 aromatic carbocycles. The van der Waals surface area contributed by atoms with E-state index in [1.165, 1.54) is 38.0 Å². The molecule has 23 nitrogen and oxygen atoms in total. The van der Waals surface area contributed by atoms with Crippen molar-refractivity contribution in [1.82, 2.24) is 117 Å². The fraction of sp³-hybridized carbons (Fsp3) is 0.269. The first-order valence-corrected chi connectivity index (χ1v) is 13.7. The minimum Gasteiger partial charge on any atom is -0.241 e. The van der Waals surface area contributed by atoms with Crippen LogP contribution in [-0.4, -0.2) is 117 Å². The second kappa shape index (κ2) is 27.3. The standard InChI is InChI=1S/5C4H5N3.2C3H4N4/c1-4-6-2-5-3-7-4;2*1-4-2-6-7-3-5-4;1-4-2-5-3-6-7-4;1-4-5-2-3-6-7-4;1-3-6-4-2-5-7-3;1-3-2-4-6-7-5-3/h5*2-3H,1H3;2*2H,1H3. The molecule has 49 heavy (non-hydrogen) atoms. The molecule has 0 aliphatic carbocycles. The van der Waals surface area contributed by atoms with Gasteiger partial charge in [0.05, 0.1) is 53.8 Å². The van der Waals surface area contributed by atoms with Crippen LogP contribution in [0.25, 0.3) is 0 Å². The van der Waals surface area contributed by atoms with E-state index in [1.807, 2.05) is 34.6 Å². The van der Waals surface area contributed by atoms with Crippen LogP contribution < -0.4 is 0 Å². The molecule has 0 amide bonds. The predicted octanol–water partition coefficient (Wildman–Crippen LogP) is 0.0501. The van der Waals surface area contributed by atoms with Gasteiger partial charge in [-0.25, -0.2) is 34.9 Å². The molecule has 7 aromatic rings. The van der Waals surface area contributed by atoms with E-state index in [2.05, 4.69) is 117 Å². The minimum absolute atomic E-state index is 0.600. The Morgan fingerprint density at radius 2 is 0.878 bits per heavy atom. The number of aromatic nitrogens is 23. The van der Waals surface area contributed by atoms with Gasteiger partial charge in [-0.3, -0.25) is 0 Å². The van der Waals surface area contributed by atoms with E-state index < -0.39 is 0 Å². The average Bonchev–Trinajstić information content (AvgIpc) is 3.12. The van der Waals surface area contributed by atoms with Gasteiger partial charge in [-0.05, 0) is 58.9 Å². The third kappa shape index (κ3) is 25.9. The topological polar surface area (TPSA) is 296 Å². The summed E-state index contributed by atoms with van der Waals surface area (Å²) in [4.78, 5) is 26.3. The van der Waals surface area contributed by atoms with E-state index in [4.69, 9.17) is 0 Å². The molecule has 23 heteroatoms. The Bertz CT molecular complexity index is 1330. The van der Waals surface area contributed by atoms with Crippen molar-refractivity contribution in [2.24, 2.45) is 0 Å². The number of nitrogens with zero attached hydrogens (tertiary/aromatic N) is 23. The van der Waals surface area contributed by atoms with Crippen molar-refractivity contribution in [2.75, 3.05) is 0 Å². The Morgan fingerprint density at radius 1 is 0.306 bits per heavy atom. The molecule has 0 fully saturated rings. The summed E-state index contributed by atoms with van der Waals surface area (Å²) in [6.07, 6.45) is 18.1. The molecule has 252 valence electrons. The monoisotopic (exact) mass is 667 g/mol.